The molecule has 0 amide bonds. The third-order valence-corrected chi connectivity index (χ3v) is 2.83. The molecule has 6 nitrogen and oxygen atoms in total. The molecule has 6 heteroatoms. The standard InChI is InChI=1S/C14H8N2O4/c17-14(11-3-1-2-6-15-11)13-8-9-7-10(16(18)19)4-5-12(9)20-13/h1-8H. The van der Waals surface area contributed by atoms with Gasteiger partial charge >= 0.3 is 0 Å². The quantitative estimate of drug-likeness (QED) is 0.414. The van der Waals surface area contributed by atoms with E-state index in [4.69, 9.17) is 4.42 Å². The third-order valence-electron chi connectivity index (χ3n) is 2.83. The van der Waals surface area contributed by atoms with E-state index in [-0.39, 0.29) is 22.9 Å². The second-order valence-corrected chi connectivity index (χ2v) is 4.13. The number of non-ortho nitro benzene ring substituents is 1. The fraction of sp³-hybridized carbons (Fsp3) is 0. The van der Waals surface area contributed by atoms with E-state index in [2.05, 4.69) is 4.98 Å². The molecule has 0 spiro atoms. The number of hydrogen-bond acceptors (Lipinski definition) is 5. The Kier molecular flexibility index (Phi) is 2.76. The van der Waals surface area contributed by atoms with Crippen molar-refractivity contribution >= 4 is 22.4 Å². The minimum Gasteiger partial charge on any atom is -0.453 e. The van der Waals surface area contributed by atoms with E-state index in [1.807, 2.05) is 0 Å². The number of rotatable bonds is 3. The number of ketones is 1. The molecule has 0 aliphatic heterocycles. The molecule has 0 fully saturated rings. The molecule has 0 unspecified atom stereocenters. The summed E-state index contributed by atoms with van der Waals surface area (Å²) in [5.41, 5.74) is 0.645. The first kappa shape index (κ1) is 12.0. The summed E-state index contributed by atoms with van der Waals surface area (Å²) in [6.45, 7) is 0. The summed E-state index contributed by atoms with van der Waals surface area (Å²) >= 11 is 0. The Labute approximate surface area is 112 Å². The highest BCUT2D eigenvalue weighted by atomic mass is 16.6. The summed E-state index contributed by atoms with van der Waals surface area (Å²) in [4.78, 5) is 26.3. The van der Waals surface area contributed by atoms with E-state index in [9.17, 15) is 14.9 Å². The average molecular weight is 268 g/mol. The van der Waals surface area contributed by atoms with E-state index in [1.165, 1.54) is 30.5 Å². The van der Waals surface area contributed by atoms with Gasteiger partial charge in [0.05, 0.1) is 4.92 Å². The largest absolute Gasteiger partial charge is 0.453 e. The van der Waals surface area contributed by atoms with Gasteiger partial charge in [-0.05, 0) is 24.3 Å². The van der Waals surface area contributed by atoms with Gasteiger partial charge in [0, 0.05) is 23.7 Å². The molecule has 3 aromatic rings. The highest BCUT2D eigenvalue weighted by molar-refractivity contribution is 6.07. The minimum absolute atomic E-state index is 0.0462. The molecular formula is C14H8N2O4. The van der Waals surface area contributed by atoms with Crippen LogP contribution >= 0.6 is 0 Å². The lowest BCUT2D eigenvalue weighted by molar-refractivity contribution is -0.384. The number of carbonyl (C=O) groups excluding carboxylic acids is 1. The van der Waals surface area contributed by atoms with E-state index in [1.54, 1.807) is 18.2 Å². The molecule has 0 aliphatic carbocycles. The zero-order valence-electron chi connectivity index (χ0n) is 10.1. The number of hydrogen-bond donors (Lipinski definition) is 0. The van der Waals surface area contributed by atoms with Crippen LogP contribution in [0.4, 0.5) is 5.69 Å². The molecule has 0 radical (unpaired) electrons. The van der Waals surface area contributed by atoms with Crippen LogP contribution in [0.25, 0.3) is 11.0 Å². The maximum atomic E-state index is 12.1. The Hall–Kier alpha value is -3.02. The topological polar surface area (TPSA) is 86.2 Å². The summed E-state index contributed by atoms with van der Waals surface area (Å²) in [5, 5.41) is 11.2. The van der Waals surface area contributed by atoms with Crippen molar-refractivity contribution in [1.82, 2.24) is 4.98 Å². The number of nitrogens with zero attached hydrogens (tertiary/aromatic N) is 2. The first-order valence-electron chi connectivity index (χ1n) is 5.79. The Bertz CT molecular complexity index is 808. The van der Waals surface area contributed by atoms with Crippen LogP contribution < -0.4 is 0 Å². The number of nitro groups is 1. The van der Waals surface area contributed by atoms with Crippen molar-refractivity contribution in [2.75, 3.05) is 0 Å². The van der Waals surface area contributed by atoms with Crippen molar-refractivity contribution in [3.8, 4) is 0 Å². The molecule has 2 aromatic heterocycles. The molecular weight excluding hydrogens is 260 g/mol. The van der Waals surface area contributed by atoms with Gasteiger partial charge in [-0.3, -0.25) is 19.9 Å². The van der Waals surface area contributed by atoms with Gasteiger partial charge in [0.1, 0.15) is 11.3 Å². The van der Waals surface area contributed by atoms with E-state index >= 15 is 0 Å². The SMILES string of the molecule is O=C(c1ccccn1)c1cc2cc([N+](=O)[O-])ccc2o1. The number of aromatic nitrogens is 1. The van der Waals surface area contributed by atoms with Gasteiger partial charge in [0.15, 0.2) is 5.76 Å². The highest BCUT2D eigenvalue weighted by Gasteiger charge is 2.17. The molecule has 20 heavy (non-hydrogen) atoms. The van der Waals surface area contributed by atoms with Gasteiger partial charge in [0.2, 0.25) is 5.78 Å². The fourth-order valence-corrected chi connectivity index (χ4v) is 1.88. The van der Waals surface area contributed by atoms with Crippen molar-refractivity contribution in [2.45, 2.75) is 0 Å². The van der Waals surface area contributed by atoms with Crippen molar-refractivity contribution in [3.63, 3.8) is 0 Å². The van der Waals surface area contributed by atoms with Crippen LogP contribution in [-0.2, 0) is 0 Å². The number of nitro benzene ring substituents is 1. The van der Waals surface area contributed by atoms with Gasteiger partial charge in [-0.25, -0.2) is 0 Å². The molecule has 2 heterocycles. The first-order chi connectivity index (χ1) is 9.65. The Balaban J connectivity index is 2.05. The van der Waals surface area contributed by atoms with Crippen LogP contribution in [0.3, 0.4) is 0 Å². The number of fused-ring (bicyclic) bond motifs is 1. The summed E-state index contributed by atoms with van der Waals surface area (Å²) in [7, 11) is 0. The molecule has 0 atom stereocenters. The maximum absolute atomic E-state index is 12.1. The molecule has 0 saturated heterocycles. The van der Waals surface area contributed by atoms with Gasteiger partial charge in [-0.15, -0.1) is 0 Å². The van der Waals surface area contributed by atoms with Crippen molar-refractivity contribution in [2.24, 2.45) is 0 Å². The van der Waals surface area contributed by atoms with Crippen LogP contribution in [-0.4, -0.2) is 15.7 Å². The molecule has 3 rings (SSSR count). The van der Waals surface area contributed by atoms with Gasteiger partial charge in [-0.1, -0.05) is 6.07 Å². The normalized spacial score (nSPS) is 10.6. The first-order valence-corrected chi connectivity index (χ1v) is 5.79. The van der Waals surface area contributed by atoms with Gasteiger partial charge in [-0.2, -0.15) is 0 Å². The Morgan fingerprint density at radius 2 is 2.05 bits per heavy atom. The monoisotopic (exact) mass is 268 g/mol. The van der Waals surface area contributed by atoms with Crippen molar-refractivity contribution in [1.29, 1.82) is 0 Å². The van der Waals surface area contributed by atoms with E-state index < -0.39 is 4.92 Å². The van der Waals surface area contributed by atoms with Crippen LogP contribution in [0.2, 0.25) is 0 Å². The number of carbonyl (C=O) groups is 1. The molecule has 0 N–H and O–H groups in total. The second kappa shape index (κ2) is 4.58. The van der Waals surface area contributed by atoms with E-state index in [0.717, 1.165) is 0 Å². The number of benzene rings is 1. The zero-order valence-corrected chi connectivity index (χ0v) is 10.1. The lowest BCUT2D eigenvalue weighted by atomic mass is 10.2. The molecule has 0 aliphatic rings. The Morgan fingerprint density at radius 3 is 2.75 bits per heavy atom. The van der Waals surface area contributed by atoms with Crippen molar-refractivity contribution < 1.29 is 14.1 Å². The summed E-state index contributed by atoms with van der Waals surface area (Å²) < 4.78 is 5.41. The lowest BCUT2D eigenvalue weighted by Crippen LogP contribution is -2.01. The van der Waals surface area contributed by atoms with Crippen molar-refractivity contribution in [3.05, 3.63) is 70.2 Å². The molecule has 0 bridgehead atoms. The molecule has 98 valence electrons. The summed E-state index contributed by atoms with van der Waals surface area (Å²) in [6.07, 6.45) is 1.51. The predicted octanol–water partition coefficient (Wildman–Crippen LogP) is 2.97. The van der Waals surface area contributed by atoms with Crippen LogP contribution in [0.1, 0.15) is 16.2 Å². The number of furan rings is 1. The third kappa shape index (κ3) is 2.03. The molecule has 1 aromatic carbocycles. The minimum atomic E-state index is -0.493. The predicted molar refractivity (Wildman–Crippen MR) is 70.5 cm³/mol. The van der Waals surface area contributed by atoms with Crippen LogP contribution in [0.5, 0.6) is 0 Å². The van der Waals surface area contributed by atoms with Gasteiger partial charge in [0.25, 0.3) is 5.69 Å². The summed E-state index contributed by atoms with van der Waals surface area (Å²) in [6, 6.07) is 10.7. The van der Waals surface area contributed by atoms with Crippen LogP contribution in [0, 0.1) is 10.1 Å². The smallest absolute Gasteiger partial charge is 0.270 e. The van der Waals surface area contributed by atoms with E-state index in [0.29, 0.717) is 11.0 Å². The fourth-order valence-electron chi connectivity index (χ4n) is 1.88. The highest BCUT2D eigenvalue weighted by Crippen LogP contribution is 2.25. The Morgan fingerprint density at radius 1 is 1.20 bits per heavy atom. The maximum Gasteiger partial charge on any atom is 0.270 e. The van der Waals surface area contributed by atoms with Crippen LogP contribution in [0.15, 0.2) is 53.1 Å². The lowest BCUT2D eigenvalue weighted by Gasteiger charge is -1.94. The average Bonchev–Trinajstić information content (AvgIpc) is 2.90. The molecule has 0 saturated carbocycles. The zero-order chi connectivity index (χ0) is 14.1. The van der Waals surface area contributed by atoms with Gasteiger partial charge < -0.3 is 4.42 Å². The summed E-state index contributed by atoms with van der Waals surface area (Å²) in [5.74, 6) is -0.247. The number of pyridine rings is 1. The second-order valence-electron chi connectivity index (χ2n) is 4.13.